The molecule has 0 radical (unpaired) electrons. The van der Waals surface area contributed by atoms with E-state index >= 15 is 8.78 Å². The predicted octanol–water partition coefficient (Wildman–Crippen LogP) is 3.56. The third-order valence-corrected chi connectivity index (χ3v) is 9.76. The Hall–Kier alpha value is -1.67. The molecule has 0 bridgehead atoms. The Bertz CT molecular complexity index is 919. The van der Waals surface area contributed by atoms with E-state index in [9.17, 15) is 24.6 Å². The van der Waals surface area contributed by atoms with Crippen LogP contribution >= 0.6 is 0 Å². The lowest BCUT2D eigenvalue weighted by Crippen LogP contribution is -2.71. The van der Waals surface area contributed by atoms with E-state index in [0.29, 0.717) is 12.8 Å². The van der Waals surface area contributed by atoms with Crippen molar-refractivity contribution in [2.45, 2.75) is 102 Å². The van der Waals surface area contributed by atoms with Crippen LogP contribution in [-0.4, -0.2) is 57.9 Å². The van der Waals surface area contributed by atoms with Crippen LogP contribution in [0.5, 0.6) is 0 Å². The number of aliphatic hydroxyl groups excluding tert-OH is 2. The highest BCUT2D eigenvalue weighted by molar-refractivity contribution is 5.93. The largest absolute Gasteiger partial charge is 0.450 e. The average molecular weight is 483 g/mol. The Morgan fingerprint density at radius 2 is 1.94 bits per heavy atom. The summed E-state index contributed by atoms with van der Waals surface area (Å²) >= 11 is 0. The summed E-state index contributed by atoms with van der Waals surface area (Å²) in [6.07, 6.45) is -0.181. The van der Waals surface area contributed by atoms with E-state index in [-0.39, 0.29) is 49.9 Å². The molecule has 5 unspecified atom stereocenters. The number of allylic oxidation sites excluding steroid dienone is 1. The van der Waals surface area contributed by atoms with Gasteiger partial charge in [-0.15, -0.1) is 0 Å². The topological polar surface area (TPSA) is 101 Å². The van der Waals surface area contributed by atoms with Crippen LogP contribution in [0.25, 0.3) is 0 Å². The second kappa shape index (κ2) is 8.47. The van der Waals surface area contributed by atoms with Crippen molar-refractivity contribution < 1.29 is 38.1 Å². The van der Waals surface area contributed by atoms with Gasteiger partial charge in [0.2, 0.25) is 5.78 Å². The number of alkyl halides is 2. The summed E-state index contributed by atoms with van der Waals surface area (Å²) in [5.74, 6) is -2.92. The molecule has 34 heavy (non-hydrogen) atoms. The number of ether oxygens (including phenoxy) is 1. The molecular formula is C26H36F2O6. The second-order valence-corrected chi connectivity index (χ2v) is 11.2. The monoisotopic (exact) mass is 482 g/mol. The van der Waals surface area contributed by atoms with Gasteiger partial charge in [0.1, 0.15) is 18.4 Å². The molecule has 4 rings (SSSR count). The molecule has 190 valence electrons. The molecule has 4 aliphatic carbocycles. The molecule has 0 saturated heterocycles. The van der Waals surface area contributed by atoms with E-state index < -0.39 is 64.6 Å². The van der Waals surface area contributed by atoms with Crippen LogP contribution in [0.3, 0.4) is 0 Å². The van der Waals surface area contributed by atoms with Gasteiger partial charge >= 0.3 is 5.97 Å². The van der Waals surface area contributed by atoms with E-state index in [1.54, 1.807) is 13.8 Å². The number of hydrogen-bond acceptors (Lipinski definition) is 6. The molecule has 3 fully saturated rings. The maximum absolute atomic E-state index is 17.2. The molecule has 4 aliphatic rings. The third-order valence-electron chi connectivity index (χ3n) is 9.76. The van der Waals surface area contributed by atoms with Gasteiger partial charge in [-0.25, -0.2) is 8.78 Å². The number of rotatable bonds is 6. The number of unbranched alkanes of at least 4 members (excludes halogenated alkanes) is 1. The van der Waals surface area contributed by atoms with Crippen LogP contribution in [-0.2, 0) is 19.1 Å². The molecule has 0 aromatic heterocycles. The number of esters is 1. The first-order valence-corrected chi connectivity index (χ1v) is 12.5. The molecule has 3 saturated carbocycles. The van der Waals surface area contributed by atoms with Crippen LogP contribution in [0.2, 0.25) is 0 Å². The minimum atomic E-state index is -2.18. The Kier molecular flexibility index (Phi) is 6.33. The van der Waals surface area contributed by atoms with Gasteiger partial charge < -0.3 is 14.9 Å². The fourth-order valence-corrected chi connectivity index (χ4v) is 7.92. The smallest absolute Gasteiger partial charge is 0.306 e. The molecule has 8 heteroatoms. The van der Waals surface area contributed by atoms with Gasteiger partial charge in [0, 0.05) is 29.6 Å². The molecule has 0 aliphatic heterocycles. The zero-order valence-electron chi connectivity index (χ0n) is 20.2. The van der Waals surface area contributed by atoms with Crippen LogP contribution < -0.4 is 0 Å². The lowest BCUT2D eigenvalue weighted by molar-refractivity contribution is -0.237. The van der Waals surface area contributed by atoms with Crippen molar-refractivity contribution in [3.63, 3.8) is 0 Å². The number of Topliss-reactive ketones (excluding diaryl/α,β-unsaturated/α-hetero) is 1. The number of aliphatic hydroxyl groups is 2. The van der Waals surface area contributed by atoms with Crippen molar-refractivity contribution in [3.05, 3.63) is 11.6 Å². The van der Waals surface area contributed by atoms with E-state index in [4.69, 9.17) is 4.74 Å². The Morgan fingerprint density at radius 3 is 2.59 bits per heavy atom. The Morgan fingerprint density at radius 1 is 1.24 bits per heavy atom. The molecule has 0 aromatic carbocycles. The lowest BCUT2D eigenvalue weighted by atomic mass is 9.43. The lowest BCUT2D eigenvalue weighted by Gasteiger charge is -2.64. The van der Waals surface area contributed by atoms with E-state index in [1.165, 1.54) is 6.08 Å². The normalized spacial score (nSPS) is 45.6. The van der Waals surface area contributed by atoms with Gasteiger partial charge in [-0.05, 0) is 56.1 Å². The Labute approximate surface area is 199 Å². The number of carbonyl (C=O) groups excluding carboxylic acids is 3. The van der Waals surface area contributed by atoms with Gasteiger partial charge in [0.15, 0.2) is 11.4 Å². The van der Waals surface area contributed by atoms with E-state index in [0.717, 1.165) is 6.42 Å². The van der Waals surface area contributed by atoms with Crippen LogP contribution in [0.15, 0.2) is 11.6 Å². The minimum absolute atomic E-state index is 0.0851. The summed E-state index contributed by atoms with van der Waals surface area (Å²) < 4.78 is 38.5. The third kappa shape index (κ3) is 3.20. The van der Waals surface area contributed by atoms with Crippen LogP contribution in [0.4, 0.5) is 8.78 Å². The van der Waals surface area contributed by atoms with Crippen molar-refractivity contribution in [1.29, 1.82) is 0 Å². The summed E-state index contributed by atoms with van der Waals surface area (Å²) in [7, 11) is 0. The van der Waals surface area contributed by atoms with E-state index in [2.05, 4.69) is 0 Å². The SMILES string of the molecule is CCCCC(=O)O[C@]1(C(=O)CO)CCC2C3C[C@H](F)C4=CC(=O)CCC4(C)[C@@]3(F)C(O)CC21C. The number of ketones is 2. The molecular weight excluding hydrogens is 446 g/mol. The highest BCUT2D eigenvalue weighted by atomic mass is 19.1. The summed E-state index contributed by atoms with van der Waals surface area (Å²) in [5, 5.41) is 21.2. The zero-order valence-corrected chi connectivity index (χ0v) is 20.2. The first-order valence-electron chi connectivity index (χ1n) is 12.5. The van der Waals surface area contributed by atoms with Gasteiger partial charge in [-0.1, -0.05) is 27.2 Å². The molecule has 2 N–H and O–H groups in total. The molecule has 0 aromatic rings. The zero-order chi connectivity index (χ0) is 25.1. The average Bonchev–Trinajstić information content (AvgIpc) is 3.07. The highest BCUT2D eigenvalue weighted by Crippen LogP contribution is 2.71. The molecule has 0 heterocycles. The van der Waals surface area contributed by atoms with Gasteiger partial charge in [0.25, 0.3) is 0 Å². The first-order chi connectivity index (χ1) is 15.9. The number of fused-ring (bicyclic) bond motifs is 5. The standard InChI is InChI=1S/C26H36F2O6/c1-4-5-6-22(33)34-25(21(32)14-29)10-8-16-17-12-19(27)18-11-15(30)7-9-23(18,2)26(17,28)20(31)13-24(16,25)3/h11,16-17,19-20,29,31H,4-10,12-14H2,1-3H3/t16?,17?,19-,20?,23?,24?,25-,26-/m0/s1. The second-order valence-electron chi connectivity index (χ2n) is 11.2. The fourth-order valence-electron chi connectivity index (χ4n) is 7.92. The van der Waals surface area contributed by atoms with Crippen molar-refractivity contribution in [2.24, 2.45) is 22.7 Å². The van der Waals surface area contributed by atoms with Gasteiger partial charge in [-0.2, -0.15) is 0 Å². The maximum Gasteiger partial charge on any atom is 0.306 e. The molecule has 6 nitrogen and oxygen atoms in total. The van der Waals surface area contributed by atoms with Crippen molar-refractivity contribution >= 4 is 17.5 Å². The van der Waals surface area contributed by atoms with E-state index in [1.807, 2.05) is 6.92 Å². The summed E-state index contributed by atoms with van der Waals surface area (Å²) in [4.78, 5) is 37.8. The van der Waals surface area contributed by atoms with Crippen molar-refractivity contribution in [3.8, 4) is 0 Å². The Balaban J connectivity index is 1.78. The van der Waals surface area contributed by atoms with Crippen molar-refractivity contribution in [2.75, 3.05) is 6.61 Å². The first kappa shape index (κ1) is 25.4. The fraction of sp³-hybridized carbons (Fsp3) is 0.808. The summed E-state index contributed by atoms with van der Waals surface area (Å²) in [6.45, 7) is 4.39. The molecule has 8 atom stereocenters. The van der Waals surface area contributed by atoms with Gasteiger partial charge in [0.05, 0.1) is 6.10 Å². The summed E-state index contributed by atoms with van der Waals surface area (Å²) in [5.41, 5.74) is -6.25. The van der Waals surface area contributed by atoms with Crippen LogP contribution in [0.1, 0.15) is 78.6 Å². The predicted molar refractivity (Wildman–Crippen MR) is 119 cm³/mol. The van der Waals surface area contributed by atoms with Crippen molar-refractivity contribution in [1.82, 2.24) is 0 Å². The highest BCUT2D eigenvalue weighted by Gasteiger charge is 2.76. The number of carbonyl (C=O) groups is 3. The van der Waals surface area contributed by atoms with Crippen LogP contribution in [0, 0.1) is 22.7 Å². The molecule has 0 spiro atoms. The quantitative estimate of drug-likeness (QED) is 0.562. The number of hydrogen-bond donors (Lipinski definition) is 2. The summed E-state index contributed by atoms with van der Waals surface area (Å²) in [6, 6.07) is 0. The van der Waals surface area contributed by atoms with Gasteiger partial charge in [-0.3, -0.25) is 14.4 Å². The molecule has 0 amide bonds. The maximum atomic E-state index is 17.2. The minimum Gasteiger partial charge on any atom is -0.450 e. The number of halogens is 2.